The average Bonchev–Trinajstić information content (AvgIpc) is 2.71. The Kier molecular flexibility index (Phi) is 6.73. The molecule has 2 aromatic rings. The minimum atomic E-state index is -1.34. The van der Waals surface area contributed by atoms with Crippen molar-refractivity contribution in [2.75, 3.05) is 18.4 Å². The summed E-state index contributed by atoms with van der Waals surface area (Å²) in [7, 11) is 0. The first-order chi connectivity index (χ1) is 14.3. The first-order valence-corrected chi connectivity index (χ1v) is 9.94. The van der Waals surface area contributed by atoms with Crippen LogP contribution < -0.4 is 11.1 Å². The van der Waals surface area contributed by atoms with Gasteiger partial charge in [0.25, 0.3) is 0 Å². The standard InChI is InChI=1S/C21H20ClF2N3O3.ClH/c22-14-6-7-16-17(18(14)24)21(30-20(29)26-16)8-1-9-27(11-21)19(28)15(25)10-12-2-4-13(23)5-3-12;/h2-7,15H,1,8-11,25H2,(H,26,29);1H/t15-,21?;/m1./s1. The summed E-state index contributed by atoms with van der Waals surface area (Å²) in [5.41, 5.74) is 5.91. The molecule has 3 N–H and O–H groups in total. The number of halogens is 4. The average molecular weight is 472 g/mol. The van der Waals surface area contributed by atoms with E-state index in [0.717, 1.165) is 5.56 Å². The number of nitrogens with one attached hydrogen (secondary N) is 1. The van der Waals surface area contributed by atoms with Crippen molar-refractivity contribution in [3.63, 3.8) is 0 Å². The van der Waals surface area contributed by atoms with Crippen LogP contribution in [0.1, 0.15) is 24.0 Å². The molecule has 2 aliphatic heterocycles. The van der Waals surface area contributed by atoms with Crippen molar-refractivity contribution in [1.82, 2.24) is 4.90 Å². The summed E-state index contributed by atoms with van der Waals surface area (Å²) in [5.74, 6) is -1.40. The lowest BCUT2D eigenvalue weighted by Crippen LogP contribution is -2.56. The van der Waals surface area contributed by atoms with Crippen LogP contribution in [0.4, 0.5) is 19.3 Å². The number of amides is 2. The zero-order valence-corrected chi connectivity index (χ0v) is 17.9. The lowest BCUT2D eigenvalue weighted by atomic mass is 9.82. The molecule has 0 saturated carbocycles. The van der Waals surface area contributed by atoms with Crippen LogP contribution in [-0.4, -0.2) is 36.0 Å². The second-order valence-electron chi connectivity index (χ2n) is 7.59. The van der Waals surface area contributed by atoms with Crippen molar-refractivity contribution < 1.29 is 23.1 Å². The normalized spacial score (nSPS) is 20.9. The third kappa shape index (κ3) is 4.46. The quantitative estimate of drug-likeness (QED) is 0.708. The predicted octanol–water partition coefficient (Wildman–Crippen LogP) is 3.99. The van der Waals surface area contributed by atoms with Crippen molar-refractivity contribution in [3.8, 4) is 0 Å². The van der Waals surface area contributed by atoms with Crippen LogP contribution in [0.25, 0.3) is 0 Å². The number of nitrogens with two attached hydrogens (primary N) is 1. The monoisotopic (exact) mass is 471 g/mol. The summed E-state index contributed by atoms with van der Waals surface area (Å²) in [6.07, 6.45) is 0.352. The van der Waals surface area contributed by atoms with Crippen molar-refractivity contribution in [1.29, 1.82) is 0 Å². The molecule has 2 atom stereocenters. The highest BCUT2D eigenvalue weighted by atomic mass is 35.5. The van der Waals surface area contributed by atoms with E-state index in [-0.39, 0.29) is 53.4 Å². The molecule has 6 nitrogen and oxygen atoms in total. The third-order valence-electron chi connectivity index (χ3n) is 5.53. The highest BCUT2D eigenvalue weighted by Gasteiger charge is 2.48. The highest BCUT2D eigenvalue weighted by molar-refractivity contribution is 6.31. The minimum Gasteiger partial charge on any atom is -0.436 e. The van der Waals surface area contributed by atoms with Gasteiger partial charge in [0.05, 0.1) is 28.9 Å². The number of likely N-dealkylation sites (tertiary alicyclic amines) is 1. The number of rotatable bonds is 3. The van der Waals surface area contributed by atoms with Crippen LogP contribution in [0.15, 0.2) is 36.4 Å². The lowest BCUT2D eigenvalue weighted by molar-refractivity contribution is -0.140. The van der Waals surface area contributed by atoms with Gasteiger partial charge in [-0.2, -0.15) is 0 Å². The van der Waals surface area contributed by atoms with Crippen molar-refractivity contribution >= 4 is 41.7 Å². The van der Waals surface area contributed by atoms with Gasteiger partial charge in [0.2, 0.25) is 5.91 Å². The van der Waals surface area contributed by atoms with E-state index in [1.165, 1.54) is 29.2 Å². The van der Waals surface area contributed by atoms with Crippen LogP contribution in [0, 0.1) is 11.6 Å². The van der Waals surface area contributed by atoms with Crippen molar-refractivity contribution in [3.05, 3.63) is 64.2 Å². The fourth-order valence-electron chi connectivity index (χ4n) is 4.16. The largest absolute Gasteiger partial charge is 0.436 e. The molecule has 2 amide bonds. The first kappa shape index (κ1) is 23.2. The van der Waals surface area contributed by atoms with E-state index in [4.69, 9.17) is 22.1 Å². The maximum Gasteiger partial charge on any atom is 0.412 e. The van der Waals surface area contributed by atoms with Crippen LogP contribution in [0.5, 0.6) is 0 Å². The maximum absolute atomic E-state index is 14.9. The van der Waals surface area contributed by atoms with Gasteiger partial charge in [-0.15, -0.1) is 12.4 Å². The molecule has 4 rings (SSSR count). The third-order valence-corrected chi connectivity index (χ3v) is 5.82. The van der Waals surface area contributed by atoms with Gasteiger partial charge in [-0.05, 0) is 49.1 Å². The van der Waals surface area contributed by atoms with E-state index in [0.29, 0.717) is 19.4 Å². The summed E-state index contributed by atoms with van der Waals surface area (Å²) in [4.78, 5) is 26.6. The van der Waals surface area contributed by atoms with E-state index in [9.17, 15) is 18.4 Å². The van der Waals surface area contributed by atoms with Crippen molar-refractivity contribution in [2.24, 2.45) is 5.73 Å². The van der Waals surface area contributed by atoms with E-state index >= 15 is 0 Å². The number of fused-ring (bicyclic) bond motifs is 2. The first-order valence-electron chi connectivity index (χ1n) is 9.56. The van der Waals surface area contributed by atoms with Crippen molar-refractivity contribution in [2.45, 2.75) is 30.9 Å². The van der Waals surface area contributed by atoms with E-state index in [2.05, 4.69) is 5.32 Å². The van der Waals surface area contributed by atoms with E-state index in [1.807, 2.05) is 0 Å². The van der Waals surface area contributed by atoms with Crippen LogP contribution in [0.3, 0.4) is 0 Å². The zero-order valence-electron chi connectivity index (χ0n) is 16.4. The molecular formula is C21H21Cl2F2N3O3. The molecule has 0 bridgehead atoms. The predicted molar refractivity (Wildman–Crippen MR) is 114 cm³/mol. The zero-order chi connectivity index (χ0) is 21.5. The number of carbonyl (C=O) groups is 2. The Labute approximate surface area is 189 Å². The molecule has 1 saturated heterocycles. The Balaban J connectivity index is 0.00000272. The molecule has 166 valence electrons. The Morgan fingerprint density at radius 2 is 1.97 bits per heavy atom. The summed E-state index contributed by atoms with van der Waals surface area (Å²) in [6.45, 7) is 0.376. The molecule has 2 heterocycles. The molecule has 1 unspecified atom stereocenters. The second-order valence-corrected chi connectivity index (χ2v) is 8.00. The fourth-order valence-corrected chi connectivity index (χ4v) is 4.32. The number of hydrogen-bond donors (Lipinski definition) is 2. The van der Waals surface area contributed by atoms with Gasteiger partial charge in [-0.25, -0.2) is 13.6 Å². The number of nitrogens with zero attached hydrogens (tertiary/aromatic N) is 1. The Morgan fingerprint density at radius 3 is 2.68 bits per heavy atom. The fraction of sp³-hybridized carbons (Fsp3) is 0.333. The Hall–Kier alpha value is -2.42. The molecule has 1 fully saturated rings. The van der Waals surface area contributed by atoms with Gasteiger partial charge in [-0.3, -0.25) is 10.1 Å². The molecule has 0 radical (unpaired) electrons. The Bertz CT molecular complexity index is 1010. The molecule has 0 aromatic heterocycles. The molecule has 2 aliphatic rings. The molecule has 1 spiro atoms. The molecule has 31 heavy (non-hydrogen) atoms. The molecule has 10 heteroatoms. The van der Waals surface area contributed by atoms with Crippen LogP contribution in [-0.2, 0) is 21.6 Å². The Morgan fingerprint density at radius 1 is 1.26 bits per heavy atom. The number of anilines is 1. The van der Waals surface area contributed by atoms with E-state index in [1.54, 1.807) is 12.1 Å². The van der Waals surface area contributed by atoms with Gasteiger partial charge >= 0.3 is 6.09 Å². The number of hydrogen-bond acceptors (Lipinski definition) is 4. The topological polar surface area (TPSA) is 84.7 Å². The molecular weight excluding hydrogens is 451 g/mol. The minimum absolute atomic E-state index is 0. The van der Waals surface area contributed by atoms with Crippen LogP contribution >= 0.6 is 24.0 Å². The number of ether oxygens (including phenoxy) is 1. The lowest BCUT2D eigenvalue weighted by Gasteiger charge is -2.45. The number of benzene rings is 2. The highest BCUT2D eigenvalue weighted by Crippen LogP contribution is 2.45. The SMILES string of the molecule is Cl.N[C@H](Cc1ccc(F)cc1)C(=O)N1CCCC2(C1)OC(=O)Nc1ccc(Cl)c(F)c12. The van der Waals surface area contributed by atoms with E-state index < -0.39 is 23.6 Å². The smallest absolute Gasteiger partial charge is 0.412 e. The summed E-state index contributed by atoms with van der Waals surface area (Å²) >= 11 is 5.96. The van der Waals surface area contributed by atoms with Gasteiger partial charge in [-0.1, -0.05) is 23.7 Å². The van der Waals surface area contributed by atoms with Gasteiger partial charge < -0.3 is 15.4 Å². The van der Waals surface area contributed by atoms with Gasteiger partial charge in [0.1, 0.15) is 5.82 Å². The number of piperidine rings is 1. The van der Waals surface area contributed by atoms with Gasteiger partial charge in [0, 0.05) is 6.54 Å². The molecule has 2 aromatic carbocycles. The second kappa shape index (κ2) is 8.98. The summed E-state index contributed by atoms with van der Waals surface area (Å²) in [6, 6.07) is 7.76. The van der Waals surface area contributed by atoms with Crippen LogP contribution in [0.2, 0.25) is 5.02 Å². The summed E-state index contributed by atoms with van der Waals surface area (Å²) < 4.78 is 33.6. The van der Waals surface area contributed by atoms with Gasteiger partial charge in [0.15, 0.2) is 11.4 Å². The number of carbonyl (C=O) groups excluding carboxylic acids is 2. The summed E-state index contributed by atoms with van der Waals surface area (Å²) in [5, 5.41) is 2.39. The molecule has 0 aliphatic carbocycles. The maximum atomic E-state index is 14.9.